The van der Waals surface area contributed by atoms with E-state index in [0.29, 0.717) is 18.2 Å². The Bertz CT molecular complexity index is 393. The van der Waals surface area contributed by atoms with Gasteiger partial charge in [0.15, 0.2) is 0 Å². The third-order valence-electron chi connectivity index (χ3n) is 3.00. The third kappa shape index (κ3) is 3.08. The summed E-state index contributed by atoms with van der Waals surface area (Å²) >= 11 is 0. The number of rotatable bonds is 5. The van der Waals surface area contributed by atoms with E-state index in [9.17, 15) is 4.79 Å². The summed E-state index contributed by atoms with van der Waals surface area (Å²) in [6.45, 7) is 4.98. The van der Waals surface area contributed by atoms with E-state index >= 15 is 0 Å². The van der Waals surface area contributed by atoms with Crippen molar-refractivity contribution in [1.29, 1.82) is 0 Å². The molecule has 5 nitrogen and oxygen atoms in total. The van der Waals surface area contributed by atoms with Crippen LogP contribution in [0.15, 0.2) is 10.5 Å². The summed E-state index contributed by atoms with van der Waals surface area (Å²) in [4.78, 5) is 10.7. The summed E-state index contributed by atoms with van der Waals surface area (Å²) in [6.07, 6.45) is 1.09. The highest BCUT2D eigenvalue weighted by atomic mass is 16.5. The largest absolute Gasteiger partial charge is 0.475 e. The van der Waals surface area contributed by atoms with Crippen LogP contribution < -0.4 is 5.32 Å². The lowest BCUT2D eigenvalue weighted by molar-refractivity contribution is 0.0661. The molecule has 1 aliphatic rings. The molecule has 0 aromatic carbocycles. The normalized spacial score (nSPS) is 19.7. The van der Waals surface area contributed by atoms with E-state index < -0.39 is 5.97 Å². The maximum Gasteiger partial charge on any atom is 0.371 e. The molecule has 1 unspecified atom stereocenters. The standard InChI is InChI=1S/C12H17NO4/c1-8-10(4-11(17-8)12(14)15)6-13-5-9-2-3-16-7-9/h4,9,13H,2-3,5-7H2,1H3,(H,14,15). The molecule has 0 radical (unpaired) electrons. The summed E-state index contributed by atoms with van der Waals surface area (Å²) in [7, 11) is 0. The van der Waals surface area contributed by atoms with Crippen molar-refractivity contribution in [3.63, 3.8) is 0 Å². The molecule has 94 valence electrons. The summed E-state index contributed by atoms with van der Waals surface area (Å²) in [5.41, 5.74) is 0.904. The predicted octanol–water partition coefficient (Wildman–Crippen LogP) is 1.41. The van der Waals surface area contributed by atoms with E-state index in [1.54, 1.807) is 13.0 Å². The summed E-state index contributed by atoms with van der Waals surface area (Å²) in [6, 6.07) is 1.58. The Morgan fingerprint density at radius 3 is 3.06 bits per heavy atom. The Morgan fingerprint density at radius 1 is 1.65 bits per heavy atom. The maximum atomic E-state index is 10.7. The van der Waals surface area contributed by atoms with Crippen LogP contribution in [-0.4, -0.2) is 30.8 Å². The number of carbonyl (C=O) groups is 1. The lowest BCUT2D eigenvalue weighted by atomic mass is 10.1. The zero-order valence-electron chi connectivity index (χ0n) is 9.86. The molecule has 1 fully saturated rings. The monoisotopic (exact) mass is 239 g/mol. The summed E-state index contributed by atoms with van der Waals surface area (Å²) in [5, 5.41) is 12.1. The molecule has 5 heteroatoms. The van der Waals surface area contributed by atoms with Crippen LogP contribution in [0.4, 0.5) is 0 Å². The van der Waals surface area contributed by atoms with E-state index in [-0.39, 0.29) is 5.76 Å². The van der Waals surface area contributed by atoms with Crippen molar-refractivity contribution in [2.45, 2.75) is 19.9 Å². The molecule has 1 atom stereocenters. The molecule has 1 aromatic heterocycles. The summed E-state index contributed by atoms with van der Waals surface area (Å²) < 4.78 is 10.4. The molecular formula is C12H17NO4. The molecule has 2 N–H and O–H groups in total. The van der Waals surface area contributed by atoms with Crippen molar-refractivity contribution >= 4 is 5.97 Å². The van der Waals surface area contributed by atoms with Gasteiger partial charge in [0.05, 0.1) is 6.61 Å². The molecule has 1 aromatic rings. The number of aromatic carboxylic acids is 1. The van der Waals surface area contributed by atoms with E-state index in [2.05, 4.69) is 5.32 Å². The van der Waals surface area contributed by atoms with Crippen LogP contribution in [0.25, 0.3) is 0 Å². The molecule has 2 rings (SSSR count). The molecule has 0 spiro atoms. The zero-order chi connectivity index (χ0) is 12.3. The average Bonchev–Trinajstić information content (AvgIpc) is 2.89. The molecule has 0 amide bonds. The van der Waals surface area contributed by atoms with E-state index in [0.717, 1.165) is 31.7 Å². The Labute approximate surface area is 99.8 Å². The van der Waals surface area contributed by atoms with Crippen molar-refractivity contribution in [3.8, 4) is 0 Å². The first kappa shape index (κ1) is 12.1. The van der Waals surface area contributed by atoms with Crippen molar-refractivity contribution in [1.82, 2.24) is 5.32 Å². The van der Waals surface area contributed by atoms with Gasteiger partial charge in [0.2, 0.25) is 5.76 Å². The number of nitrogens with one attached hydrogen (secondary N) is 1. The minimum atomic E-state index is -1.02. The van der Waals surface area contributed by atoms with Gasteiger partial charge in [-0.2, -0.15) is 0 Å². The van der Waals surface area contributed by atoms with Crippen molar-refractivity contribution in [2.24, 2.45) is 5.92 Å². The van der Waals surface area contributed by atoms with Gasteiger partial charge >= 0.3 is 5.97 Å². The highest BCUT2D eigenvalue weighted by Crippen LogP contribution is 2.15. The lowest BCUT2D eigenvalue weighted by Gasteiger charge is -2.08. The fourth-order valence-corrected chi connectivity index (χ4v) is 1.96. The minimum Gasteiger partial charge on any atom is -0.475 e. The Kier molecular flexibility index (Phi) is 3.81. The van der Waals surface area contributed by atoms with Crippen LogP contribution in [0.1, 0.15) is 28.3 Å². The van der Waals surface area contributed by atoms with Crippen LogP contribution in [0.2, 0.25) is 0 Å². The Morgan fingerprint density at radius 2 is 2.47 bits per heavy atom. The van der Waals surface area contributed by atoms with Gasteiger partial charge in [-0.05, 0) is 25.3 Å². The van der Waals surface area contributed by atoms with Gasteiger partial charge in [-0.15, -0.1) is 0 Å². The van der Waals surface area contributed by atoms with Crippen LogP contribution in [-0.2, 0) is 11.3 Å². The van der Waals surface area contributed by atoms with Crippen LogP contribution in [0.5, 0.6) is 0 Å². The molecule has 1 aliphatic heterocycles. The average molecular weight is 239 g/mol. The highest BCUT2D eigenvalue weighted by molar-refractivity contribution is 5.84. The quantitative estimate of drug-likeness (QED) is 0.813. The van der Waals surface area contributed by atoms with Crippen LogP contribution in [0.3, 0.4) is 0 Å². The topological polar surface area (TPSA) is 71.7 Å². The predicted molar refractivity (Wildman–Crippen MR) is 61.0 cm³/mol. The SMILES string of the molecule is Cc1oc(C(=O)O)cc1CNCC1CCOC1. The molecule has 0 bridgehead atoms. The fourth-order valence-electron chi connectivity index (χ4n) is 1.96. The first-order valence-electron chi connectivity index (χ1n) is 5.78. The van der Waals surface area contributed by atoms with Crippen LogP contribution >= 0.6 is 0 Å². The lowest BCUT2D eigenvalue weighted by Crippen LogP contribution is -2.22. The maximum absolute atomic E-state index is 10.7. The molecule has 1 saturated heterocycles. The Hall–Kier alpha value is -1.33. The smallest absolute Gasteiger partial charge is 0.371 e. The molecule has 0 aliphatic carbocycles. The zero-order valence-corrected chi connectivity index (χ0v) is 9.86. The van der Waals surface area contributed by atoms with Gasteiger partial charge in [-0.3, -0.25) is 0 Å². The molecular weight excluding hydrogens is 222 g/mol. The molecule has 17 heavy (non-hydrogen) atoms. The van der Waals surface area contributed by atoms with Gasteiger partial charge in [0.25, 0.3) is 0 Å². The van der Waals surface area contributed by atoms with Gasteiger partial charge in [0.1, 0.15) is 5.76 Å². The number of aryl methyl sites for hydroxylation is 1. The highest BCUT2D eigenvalue weighted by Gasteiger charge is 2.16. The number of furan rings is 1. The van der Waals surface area contributed by atoms with Gasteiger partial charge in [-0.1, -0.05) is 0 Å². The Balaban J connectivity index is 1.83. The van der Waals surface area contributed by atoms with Crippen molar-refractivity contribution in [3.05, 3.63) is 23.2 Å². The molecule has 2 heterocycles. The second-order valence-corrected chi connectivity index (χ2v) is 4.36. The third-order valence-corrected chi connectivity index (χ3v) is 3.00. The van der Waals surface area contributed by atoms with Crippen LogP contribution in [0, 0.1) is 12.8 Å². The van der Waals surface area contributed by atoms with E-state index in [1.165, 1.54) is 0 Å². The van der Waals surface area contributed by atoms with E-state index in [4.69, 9.17) is 14.3 Å². The van der Waals surface area contributed by atoms with E-state index in [1.807, 2.05) is 0 Å². The number of ether oxygens (including phenoxy) is 1. The number of hydrogen-bond acceptors (Lipinski definition) is 4. The summed E-state index contributed by atoms with van der Waals surface area (Å²) in [5.74, 6) is 0.214. The first-order chi connectivity index (χ1) is 8.16. The van der Waals surface area contributed by atoms with Crippen molar-refractivity contribution in [2.75, 3.05) is 19.8 Å². The second-order valence-electron chi connectivity index (χ2n) is 4.36. The molecule has 0 saturated carbocycles. The van der Waals surface area contributed by atoms with Gasteiger partial charge < -0.3 is 19.6 Å². The number of hydrogen-bond donors (Lipinski definition) is 2. The number of carboxylic acid groups (broad SMARTS) is 1. The van der Waals surface area contributed by atoms with Gasteiger partial charge in [-0.25, -0.2) is 4.79 Å². The second kappa shape index (κ2) is 5.33. The fraction of sp³-hybridized carbons (Fsp3) is 0.583. The first-order valence-corrected chi connectivity index (χ1v) is 5.78. The van der Waals surface area contributed by atoms with Gasteiger partial charge in [0, 0.05) is 25.3 Å². The van der Waals surface area contributed by atoms with Crippen molar-refractivity contribution < 1.29 is 19.1 Å². The minimum absolute atomic E-state index is 0.00324. The number of carboxylic acids is 1.